The Morgan fingerprint density at radius 1 is 0.955 bits per heavy atom. The van der Waals surface area contributed by atoms with Gasteiger partial charge in [-0.05, 0) is 22.6 Å². The van der Waals surface area contributed by atoms with Gasteiger partial charge >= 0.3 is 0 Å². The van der Waals surface area contributed by atoms with Gasteiger partial charge in [-0.2, -0.15) is 4.68 Å². The van der Waals surface area contributed by atoms with Crippen LogP contribution in [0.2, 0.25) is 0 Å². The van der Waals surface area contributed by atoms with E-state index in [9.17, 15) is 0 Å². The number of para-hydroxylation sites is 1. The number of tetrazole rings is 1. The largest absolute Gasteiger partial charge is 0.342 e. The Morgan fingerprint density at radius 2 is 1.68 bits per heavy atom. The molecule has 3 rings (SSSR count). The summed E-state index contributed by atoms with van der Waals surface area (Å²) in [5.41, 5.74) is 2.34. The lowest BCUT2D eigenvalue weighted by atomic mass is 10.2. The van der Waals surface area contributed by atoms with Gasteiger partial charge in [0.2, 0.25) is 5.16 Å². The summed E-state index contributed by atoms with van der Waals surface area (Å²) in [7, 11) is 0. The predicted molar refractivity (Wildman–Crippen MR) is 86.8 cm³/mol. The fourth-order valence-electron chi connectivity index (χ4n) is 2.12. The van der Waals surface area contributed by atoms with Crippen LogP contribution in [-0.2, 0) is 6.54 Å². The molecule has 0 fully saturated rings. The molecule has 1 heterocycles. The Hall–Kier alpha value is -2.18. The van der Waals surface area contributed by atoms with Crippen LogP contribution in [0.5, 0.6) is 0 Å². The van der Waals surface area contributed by atoms with Crippen LogP contribution in [-0.4, -0.2) is 32.5 Å². The molecule has 0 saturated carbocycles. The summed E-state index contributed by atoms with van der Waals surface area (Å²) in [6, 6.07) is 20.5. The van der Waals surface area contributed by atoms with E-state index in [1.165, 1.54) is 5.56 Å². The lowest BCUT2D eigenvalue weighted by Crippen LogP contribution is -2.83. The van der Waals surface area contributed by atoms with Gasteiger partial charge in [0.25, 0.3) is 0 Å². The first-order valence-electron chi connectivity index (χ1n) is 7.26. The van der Waals surface area contributed by atoms with Gasteiger partial charge in [0.05, 0.1) is 18.0 Å². The first-order chi connectivity index (χ1) is 10.9. The number of benzene rings is 2. The zero-order valence-corrected chi connectivity index (χ0v) is 13.0. The quantitative estimate of drug-likeness (QED) is 0.531. The maximum Gasteiger partial charge on any atom is 0.214 e. The van der Waals surface area contributed by atoms with Gasteiger partial charge in [-0.1, -0.05) is 60.3 Å². The van der Waals surface area contributed by atoms with Gasteiger partial charge in [0.15, 0.2) is 0 Å². The summed E-state index contributed by atoms with van der Waals surface area (Å²) in [6.07, 6.45) is 0. The number of nitrogens with two attached hydrogens (primary N) is 1. The average molecular weight is 312 g/mol. The fraction of sp³-hybridized carbons (Fsp3) is 0.188. The smallest absolute Gasteiger partial charge is 0.214 e. The van der Waals surface area contributed by atoms with Crippen LogP contribution in [0.25, 0.3) is 5.69 Å². The highest BCUT2D eigenvalue weighted by atomic mass is 32.2. The molecule has 2 aromatic carbocycles. The normalized spacial score (nSPS) is 10.7. The first-order valence-corrected chi connectivity index (χ1v) is 8.24. The van der Waals surface area contributed by atoms with E-state index < -0.39 is 0 Å². The van der Waals surface area contributed by atoms with Crippen LogP contribution in [0.4, 0.5) is 0 Å². The van der Waals surface area contributed by atoms with Gasteiger partial charge in [0.1, 0.15) is 6.54 Å². The van der Waals surface area contributed by atoms with Crippen LogP contribution in [0.1, 0.15) is 5.56 Å². The minimum absolute atomic E-state index is 0.833. The van der Waals surface area contributed by atoms with Gasteiger partial charge in [0, 0.05) is 5.56 Å². The molecule has 0 amide bonds. The molecule has 2 N–H and O–H groups in total. The molecule has 112 valence electrons. The molecular formula is C16H18N5S+. The third kappa shape index (κ3) is 3.93. The van der Waals surface area contributed by atoms with Crippen molar-refractivity contribution in [2.75, 3.05) is 12.3 Å². The lowest BCUT2D eigenvalue weighted by molar-refractivity contribution is -0.666. The molecule has 5 nitrogen and oxygen atoms in total. The molecule has 0 aliphatic rings. The summed E-state index contributed by atoms with van der Waals surface area (Å²) in [5, 5.41) is 15.1. The Morgan fingerprint density at radius 3 is 2.45 bits per heavy atom. The van der Waals surface area contributed by atoms with E-state index in [-0.39, 0.29) is 0 Å². The number of quaternary nitrogens is 1. The second kappa shape index (κ2) is 7.72. The molecule has 22 heavy (non-hydrogen) atoms. The van der Waals surface area contributed by atoms with Crippen molar-refractivity contribution >= 4 is 11.8 Å². The maximum absolute atomic E-state index is 4.10. The zero-order valence-electron chi connectivity index (χ0n) is 12.2. The number of nitrogens with zero attached hydrogens (tertiary/aromatic N) is 4. The highest BCUT2D eigenvalue weighted by Gasteiger charge is 2.08. The highest BCUT2D eigenvalue weighted by Crippen LogP contribution is 2.16. The minimum Gasteiger partial charge on any atom is -0.342 e. The average Bonchev–Trinajstić information content (AvgIpc) is 3.05. The van der Waals surface area contributed by atoms with E-state index in [4.69, 9.17) is 0 Å². The third-order valence-electron chi connectivity index (χ3n) is 3.22. The maximum atomic E-state index is 4.10. The molecule has 6 heteroatoms. The number of aromatic nitrogens is 4. The van der Waals surface area contributed by atoms with E-state index >= 15 is 0 Å². The van der Waals surface area contributed by atoms with E-state index in [2.05, 4.69) is 45.1 Å². The second-order valence-electron chi connectivity index (χ2n) is 4.82. The van der Waals surface area contributed by atoms with Crippen LogP contribution in [0.15, 0.2) is 65.8 Å². The number of hydrogen-bond acceptors (Lipinski definition) is 4. The molecule has 0 aliphatic heterocycles. The van der Waals surface area contributed by atoms with Crippen LogP contribution in [0, 0.1) is 0 Å². The summed E-state index contributed by atoms with van der Waals surface area (Å²) in [5.74, 6) is 0.972. The van der Waals surface area contributed by atoms with Crippen molar-refractivity contribution in [2.24, 2.45) is 0 Å². The summed E-state index contributed by atoms with van der Waals surface area (Å²) < 4.78 is 1.78. The van der Waals surface area contributed by atoms with Crippen LogP contribution in [0.3, 0.4) is 0 Å². The molecule has 0 bridgehead atoms. The topological polar surface area (TPSA) is 60.2 Å². The van der Waals surface area contributed by atoms with Gasteiger partial charge in [-0.3, -0.25) is 0 Å². The summed E-state index contributed by atoms with van der Waals surface area (Å²) in [4.78, 5) is 0. The molecule has 3 aromatic rings. The predicted octanol–water partition coefficient (Wildman–Crippen LogP) is 1.52. The minimum atomic E-state index is 0.833. The second-order valence-corrected chi connectivity index (χ2v) is 5.89. The molecule has 0 radical (unpaired) electrons. The van der Waals surface area contributed by atoms with Crippen molar-refractivity contribution in [3.05, 3.63) is 66.2 Å². The highest BCUT2D eigenvalue weighted by molar-refractivity contribution is 7.99. The van der Waals surface area contributed by atoms with E-state index in [0.717, 1.165) is 29.7 Å². The van der Waals surface area contributed by atoms with Gasteiger partial charge in [-0.25, -0.2) is 0 Å². The molecule has 0 spiro atoms. The first kappa shape index (κ1) is 14.7. The Kier molecular flexibility index (Phi) is 5.18. The fourth-order valence-corrected chi connectivity index (χ4v) is 2.94. The van der Waals surface area contributed by atoms with Crippen molar-refractivity contribution in [1.82, 2.24) is 20.2 Å². The SMILES string of the molecule is c1ccc(C[NH2+]CCSc2nnnn2-c2ccccc2)cc1. The Balaban J connectivity index is 1.48. The number of rotatable bonds is 7. The Bertz CT molecular complexity index is 684. The monoisotopic (exact) mass is 312 g/mol. The van der Waals surface area contributed by atoms with E-state index in [0.29, 0.717) is 0 Å². The van der Waals surface area contributed by atoms with Crippen molar-refractivity contribution in [1.29, 1.82) is 0 Å². The molecule has 1 aromatic heterocycles. The zero-order chi connectivity index (χ0) is 15.0. The molecule has 0 atom stereocenters. The molecule has 0 saturated heterocycles. The standard InChI is InChI=1S/C16H17N5S/c1-3-7-14(8-4-1)13-17-11-12-22-16-18-19-20-21(16)15-9-5-2-6-10-15/h1-10,17H,11-13H2/p+1. The van der Waals surface area contributed by atoms with Crippen molar-refractivity contribution < 1.29 is 5.32 Å². The Labute approximate surface area is 133 Å². The van der Waals surface area contributed by atoms with Gasteiger partial charge in [-0.15, -0.1) is 5.10 Å². The van der Waals surface area contributed by atoms with E-state index in [1.54, 1.807) is 16.4 Å². The van der Waals surface area contributed by atoms with Crippen molar-refractivity contribution in [2.45, 2.75) is 11.7 Å². The van der Waals surface area contributed by atoms with Crippen LogP contribution >= 0.6 is 11.8 Å². The summed E-state index contributed by atoms with van der Waals surface area (Å²) in [6.45, 7) is 2.03. The molecule has 0 aliphatic carbocycles. The molecule has 0 unspecified atom stereocenters. The molecular weight excluding hydrogens is 294 g/mol. The number of hydrogen-bond donors (Lipinski definition) is 1. The van der Waals surface area contributed by atoms with Gasteiger partial charge < -0.3 is 5.32 Å². The lowest BCUT2D eigenvalue weighted by Gasteiger charge is -2.04. The van der Waals surface area contributed by atoms with Crippen molar-refractivity contribution in [3.63, 3.8) is 0 Å². The van der Waals surface area contributed by atoms with E-state index in [1.807, 2.05) is 36.4 Å². The number of thioether (sulfide) groups is 1. The third-order valence-corrected chi connectivity index (χ3v) is 4.17. The van der Waals surface area contributed by atoms with Crippen LogP contribution < -0.4 is 5.32 Å². The van der Waals surface area contributed by atoms with Crippen molar-refractivity contribution in [3.8, 4) is 5.69 Å². The summed E-state index contributed by atoms with van der Waals surface area (Å²) >= 11 is 1.68.